The molecule has 1 saturated heterocycles. The Morgan fingerprint density at radius 1 is 0.542 bits per heavy atom. The topological polar surface area (TPSA) is 169 Å². The number of aliphatic hydroxyl groups is 3. The number of aliphatic carboxylic acids is 1. The summed E-state index contributed by atoms with van der Waals surface area (Å²) in [6, 6.07) is 0. The van der Waals surface area contributed by atoms with E-state index in [0.717, 1.165) is 103 Å². The van der Waals surface area contributed by atoms with Crippen LogP contribution in [0.2, 0.25) is 0 Å². The number of rotatable bonds is 37. The van der Waals surface area contributed by atoms with Gasteiger partial charge in [0.25, 0.3) is 0 Å². The molecule has 0 spiro atoms. The summed E-state index contributed by atoms with van der Waals surface area (Å²) in [4.78, 5) is 36.8. The van der Waals surface area contributed by atoms with Crippen LogP contribution in [0.1, 0.15) is 174 Å². The van der Waals surface area contributed by atoms with Crippen molar-refractivity contribution < 1.29 is 53.8 Å². The first kappa shape index (κ1) is 53.9. The Balaban J connectivity index is 2.37. The van der Waals surface area contributed by atoms with Crippen LogP contribution in [0.5, 0.6) is 0 Å². The SMILES string of the molecule is CC/C=C\C/C=C\C/C=C\C/C=C\CCCCCCCCC(=O)OCC(COC1OC(C(=O)O)C(O)C(O)C1O)OC(=O)CCCCCCC/C=C\CCCCCCC. The maximum absolute atomic E-state index is 12.8. The van der Waals surface area contributed by atoms with Crippen LogP contribution in [0, 0.1) is 0 Å². The van der Waals surface area contributed by atoms with Crippen LogP contribution < -0.4 is 0 Å². The van der Waals surface area contributed by atoms with Crippen LogP contribution in [-0.2, 0) is 33.3 Å². The van der Waals surface area contributed by atoms with E-state index in [0.29, 0.717) is 12.8 Å². The van der Waals surface area contributed by atoms with Gasteiger partial charge in [0.2, 0.25) is 0 Å². The third-order valence-corrected chi connectivity index (χ3v) is 10.1. The zero-order chi connectivity index (χ0) is 43.2. The lowest BCUT2D eigenvalue weighted by Crippen LogP contribution is -2.60. The maximum Gasteiger partial charge on any atom is 0.335 e. The first-order valence-electron chi connectivity index (χ1n) is 22.8. The number of unbranched alkanes of at least 4 members (excludes halogenated alkanes) is 16. The molecular formula is C48H80O11. The van der Waals surface area contributed by atoms with Gasteiger partial charge in [-0.25, -0.2) is 4.79 Å². The fourth-order valence-corrected chi connectivity index (χ4v) is 6.51. The van der Waals surface area contributed by atoms with Crippen molar-refractivity contribution in [3.63, 3.8) is 0 Å². The minimum atomic E-state index is -1.87. The van der Waals surface area contributed by atoms with Crippen molar-refractivity contribution in [2.45, 2.75) is 211 Å². The second-order valence-corrected chi connectivity index (χ2v) is 15.5. The van der Waals surface area contributed by atoms with Crippen molar-refractivity contribution in [3.05, 3.63) is 60.8 Å². The summed E-state index contributed by atoms with van der Waals surface area (Å²) in [6.07, 6.45) is 36.9. The molecule has 338 valence electrons. The van der Waals surface area contributed by atoms with E-state index in [1.807, 2.05) is 0 Å². The van der Waals surface area contributed by atoms with Crippen molar-refractivity contribution in [3.8, 4) is 0 Å². The van der Waals surface area contributed by atoms with Gasteiger partial charge < -0.3 is 39.4 Å². The molecule has 11 heteroatoms. The largest absolute Gasteiger partial charge is 0.479 e. The van der Waals surface area contributed by atoms with Gasteiger partial charge in [0.15, 0.2) is 18.5 Å². The number of aliphatic hydroxyl groups excluding tert-OH is 3. The molecule has 6 unspecified atom stereocenters. The molecule has 0 radical (unpaired) electrons. The average molecular weight is 833 g/mol. The lowest BCUT2D eigenvalue weighted by atomic mass is 9.99. The van der Waals surface area contributed by atoms with E-state index in [1.165, 1.54) is 32.1 Å². The third-order valence-electron chi connectivity index (χ3n) is 10.1. The van der Waals surface area contributed by atoms with Crippen LogP contribution in [0.4, 0.5) is 0 Å². The zero-order valence-corrected chi connectivity index (χ0v) is 36.5. The molecule has 1 rings (SSSR count). The van der Waals surface area contributed by atoms with Gasteiger partial charge in [-0.15, -0.1) is 0 Å². The summed E-state index contributed by atoms with van der Waals surface area (Å²) in [5.41, 5.74) is 0. The normalized spacial score (nSPS) is 20.5. The predicted octanol–water partition coefficient (Wildman–Crippen LogP) is 9.92. The lowest BCUT2D eigenvalue weighted by molar-refractivity contribution is -0.298. The summed E-state index contributed by atoms with van der Waals surface area (Å²) in [5, 5.41) is 39.8. The molecule has 1 fully saturated rings. The molecule has 11 nitrogen and oxygen atoms in total. The number of hydrogen-bond donors (Lipinski definition) is 4. The minimum absolute atomic E-state index is 0.167. The molecule has 1 aliphatic rings. The number of hydrogen-bond acceptors (Lipinski definition) is 10. The number of ether oxygens (including phenoxy) is 4. The highest BCUT2D eigenvalue weighted by Crippen LogP contribution is 2.23. The Hall–Kier alpha value is -3.09. The first-order chi connectivity index (χ1) is 28.7. The van der Waals surface area contributed by atoms with Gasteiger partial charge >= 0.3 is 17.9 Å². The standard InChI is InChI=1S/C48H80O11/c1-3-5-7-9-11-13-15-17-19-20-21-22-23-25-26-28-30-32-34-36-41(49)56-38-40(39-57-48-45(53)43(51)44(52)46(59-48)47(54)55)58-42(50)37-35-33-31-29-27-24-18-16-14-12-10-8-6-4-2/h5,7,11,13,16-19,21-22,40,43-46,48,51-53H,3-4,6,8-10,12,14-15,20,23-39H2,1-2H3,(H,54,55)/b7-5-,13-11-,18-16-,19-17-,22-21-. The monoisotopic (exact) mass is 833 g/mol. The van der Waals surface area contributed by atoms with E-state index < -0.39 is 61.3 Å². The highest BCUT2D eigenvalue weighted by Gasteiger charge is 2.47. The number of esters is 2. The molecule has 6 atom stereocenters. The van der Waals surface area contributed by atoms with Crippen molar-refractivity contribution in [2.24, 2.45) is 0 Å². The number of carboxylic acids is 1. The number of allylic oxidation sites excluding steroid dienone is 10. The summed E-state index contributed by atoms with van der Waals surface area (Å²) in [6.45, 7) is 3.66. The number of carbonyl (C=O) groups is 3. The highest BCUT2D eigenvalue weighted by atomic mass is 16.7. The Kier molecular flexibility index (Phi) is 34.6. The van der Waals surface area contributed by atoms with Gasteiger partial charge in [0.1, 0.15) is 24.9 Å². The molecule has 0 aromatic rings. The van der Waals surface area contributed by atoms with E-state index >= 15 is 0 Å². The predicted molar refractivity (Wildman–Crippen MR) is 234 cm³/mol. The van der Waals surface area contributed by atoms with Gasteiger partial charge in [-0.3, -0.25) is 9.59 Å². The van der Waals surface area contributed by atoms with Gasteiger partial charge in [0.05, 0.1) is 6.61 Å². The Bertz CT molecular complexity index is 1210. The minimum Gasteiger partial charge on any atom is -0.479 e. The number of carboxylic acid groups (broad SMARTS) is 1. The number of carbonyl (C=O) groups excluding carboxylic acids is 2. The average Bonchev–Trinajstić information content (AvgIpc) is 3.22. The molecule has 0 amide bonds. The van der Waals surface area contributed by atoms with Gasteiger partial charge in [-0.2, -0.15) is 0 Å². The maximum atomic E-state index is 12.8. The molecule has 1 aliphatic heterocycles. The van der Waals surface area contributed by atoms with E-state index in [4.69, 9.17) is 18.9 Å². The fraction of sp³-hybridized carbons (Fsp3) is 0.729. The van der Waals surface area contributed by atoms with Gasteiger partial charge in [0, 0.05) is 12.8 Å². The zero-order valence-electron chi connectivity index (χ0n) is 36.5. The summed E-state index contributed by atoms with van der Waals surface area (Å²) >= 11 is 0. The van der Waals surface area contributed by atoms with Gasteiger partial charge in [-0.1, -0.05) is 145 Å². The molecule has 0 aromatic heterocycles. The second-order valence-electron chi connectivity index (χ2n) is 15.5. The molecule has 59 heavy (non-hydrogen) atoms. The molecule has 4 N–H and O–H groups in total. The Morgan fingerprint density at radius 3 is 1.53 bits per heavy atom. The third kappa shape index (κ3) is 29.7. The summed E-state index contributed by atoms with van der Waals surface area (Å²) < 4.78 is 21.7. The van der Waals surface area contributed by atoms with E-state index in [-0.39, 0.29) is 19.4 Å². The van der Waals surface area contributed by atoms with Crippen LogP contribution in [0.25, 0.3) is 0 Å². The van der Waals surface area contributed by atoms with E-state index in [9.17, 15) is 34.8 Å². The van der Waals surface area contributed by atoms with Crippen molar-refractivity contribution in [1.29, 1.82) is 0 Å². The quantitative estimate of drug-likeness (QED) is 0.0267. The van der Waals surface area contributed by atoms with Crippen LogP contribution >= 0.6 is 0 Å². The molecule has 0 saturated carbocycles. The molecular weight excluding hydrogens is 753 g/mol. The fourth-order valence-electron chi connectivity index (χ4n) is 6.51. The van der Waals surface area contributed by atoms with Crippen LogP contribution in [0.15, 0.2) is 60.8 Å². The molecule has 0 aromatic carbocycles. The Labute approximate surface area is 356 Å². The van der Waals surface area contributed by atoms with Crippen molar-refractivity contribution >= 4 is 17.9 Å². The van der Waals surface area contributed by atoms with Crippen LogP contribution in [0.3, 0.4) is 0 Å². The van der Waals surface area contributed by atoms with E-state index in [2.05, 4.69) is 74.6 Å². The molecule has 0 aliphatic carbocycles. The summed E-state index contributed by atoms with van der Waals surface area (Å²) in [5.74, 6) is -2.48. The Morgan fingerprint density at radius 2 is 1.00 bits per heavy atom. The van der Waals surface area contributed by atoms with E-state index in [1.54, 1.807) is 0 Å². The highest BCUT2D eigenvalue weighted by molar-refractivity contribution is 5.73. The lowest BCUT2D eigenvalue weighted by Gasteiger charge is -2.38. The second kappa shape index (κ2) is 37.9. The van der Waals surface area contributed by atoms with Crippen molar-refractivity contribution in [1.82, 2.24) is 0 Å². The van der Waals surface area contributed by atoms with Crippen molar-refractivity contribution in [2.75, 3.05) is 13.2 Å². The summed E-state index contributed by atoms with van der Waals surface area (Å²) in [7, 11) is 0. The smallest absolute Gasteiger partial charge is 0.335 e. The molecule has 0 bridgehead atoms. The van der Waals surface area contributed by atoms with Crippen LogP contribution in [-0.4, -0.2) is 88.4 Å². The molecule has 1 heterocycles. The first-order valence-corrected chi connectivity index (χ1v) is 22.8. The van der Waals surface area contributed by atoms with Gasteiger partial charge in [-0.05, 0) is 77.0 Å².